The number of nitriles is 1. The van der Waals surface area contributed by atoms with Crippen molar-refractivity contribution >= 4 is 11.7 Å². The van der Waals surface area contributed by atoms with Crippen LogP contribution in [0.4, 0.5) is 10.2 Å². The van der Waals surface area contributed by atoms with Gasteiger partial charge in [-0.25, -0.2) is 9.37 Å². The number of hydrogen-bond acceptors (Lipinski definition) is 6. The van der Waals surface area contributed by atoms with Crippen LogP contribution in [-0.2, 0) is 4.79 Å². The fourth-order valence-corrected chi connectivity index (χ4v) is 4.31. The summed E-state index contributed by atoms with van der Waals surface area (Å²) in [4.78, 5) is 20.7. The van der Waals surface area contributed by atoms with Crippen LogP contribution in [-0.4, -0.2) is 60.5 Å². The number of likely N-dealkylation sites (tertiary alicyclic amines) is 1. The van der Waals surface area contributed by atoms with Crippen molar-refractivity contribution in [3.8, 4) is 6.07 Å². The van der Waals surface area contributed by atoms with Crippen LogP contribution in [0.5, 0.6) is 0 Å². The Morgan fingerprint density at radius 2 is 2.04 bits per heavy atom. The van der Waals surface area contributed by atoms with Crippen LogP contribution < -0.4 is 15.5 Å². The first-order valence-corrected chi connectivity index (χ1v) is 9.14. The summed E-state index contributed by atoms with van der Waals surface area (Å²) in [5.41, 5.74) is 0.565. The Kier molecular flexibility index (Phi) is 4.51. The normalized spacial score (nSPS) is 34.4. The number of carbonyl (C=O) groups is 1. The van der Waals surface area contributed by atoms with Crippen LogP contribution in [0.1, 0.15) is 18.9 Å². The van der Waals surface area contributed by atoms with E-state index in [4.69, 9.17) is 5.26 Å². The molecule has 8 heteroatoms. The van der Waals surface area contributed by atoms with E-state index in [0.717, 1.165) is 32.0 Å². The van der Waals surface area contributed by atoms with E-state index in [0.29, 0.717) is 23.8 Å². The highest BCUT2D eigenvalue weighted by molar-refractivity contribution is 5.82. The molecule has 7 nitrogen and oxygen atoms in total. The van der Waals surface area contributed by atoms with Crippen LogP contribution in [0, 0.1) is 23.2 Å². The van der Waals surface area contributed by atoms with E-state index in [9.17, 15) is 9.18 Å². The molecule has 2 N–H and O–H groups in total. The molecule has 0 radical (unpaired) electrons. The molecule has 4 rings (SSSR count). The highest BCUT2D eigenvalue weighted by Crippen LogP contribution is 2.34. The first kappa shape index (κ1) is 17.2. The van der Waals surface area contributed by atoms with Gasteiger partial charge in [0.2, 0.25) is 0 Å². The van der Waals surface area contributed by atoms with Crippen molar-refractivity contribution in [3.05, 3.63) is 23.9 Å². The van der Waals surface area contributed by atoms with Crippen molar-refractivity contribution in [2.45, 2.75) is 31.8 Å². The summed E-state index contributed by atoms with van der Waals surface area (Å²) in [5.74, 6) is 1.38. The van der Waals surface area contributed by atoms with Gasteiger partial charge in [0.05, 0.1) is 11.6 Å². The Labute approximate surface area is 152 Å². The SMILES string of the molecule is CCC1NC(N2CC3CN(c4ccc(C#N)cn4)CC3C2)NC(=O)C1F. The maximum absolute atomic E-state index is 13.9. The zero-order valence-electron chi connectivity index (χ0n) is 14.7. The summed E-state index contributed by atoms with van der Waals surface area (Å²) < 4.78 is 13.9. The van der Waals surface area contributed by atoms with E-state index in [1.807, 2.05) is 13.0 Å². The molecule has 3 aliphatic heterocycles. The lowest BCUT2D eigenvalue weighted by Gasteiger charge is -2.38. The summed E-state index contributed by atoms with van der Waals surface area (Å²) in [6.07, 6.45) is 0.433. The van der Waals surface area contributed by atoms with Gasteiger partial charge in [-0.05, 0) is 30.4 Å². The molecule has 5 unspecified atom stereocenters. The topological polar surface area (TPSA) is 84.3 Å². The number of alkyl halides is 1. The number of carbonyl (C=O) groups excluding carboxylic acids is 1. The average molecular weight is 358 g/mol. The van der Waals surface area contributed by atoms with Crippen molar-refractivity contribution in [2.24, 2.45) is 11.8 Å². The molecule has 1 aromatic heterocycles. The minimum absolute atomic E-state index is 0.286. The van der Waals surface area contributed by atoms with Gasteiger partial charge in [0.1, 0.15) is 18.2 Å². The van der Waals surface area contributed by atoms with E-state index in [-0.39, 0.29) is 6.29 Å². The summed E-state index contributed by atoms with van der Waals surface area (Å²) >= 11 is 0. The van der Waals surface area contributed by atoms with Crippen molar-refractivity contribution in [3.63, 3.8) is 0 Å². The summed E-state index contributed by atoms with van der Waals surface area (Å²) in [6, 6.07) is 5.35. The number of amides is 1. The fraction of sp³-hybridized carbons (Fsp3) is 0.611. The van der Waals surface area contributed by atoms with Crippen LogP contribution in [0.3, 0.4) is 0 Å². The van der Waals surface area contributed by atoms with Crippen LogP contribution in [0.15, 0.2) is 18.3 Å². The molecule has 138 valence electrons. The van der Waals surface area contributed by atoms with Crippen molar-refractivity contribution in [1.29, 1.82) is 5.26 Å². The molecular weight excluding hydrogens is 335 g/mol. The largest absolute Gasteiger partial charge is 0.356 e. The molecule has 5 atom stereocenters. The molecule has 3 fully saturated rings. The summed E-state index contributed by atoms with van der Waals surface area (Å²) in [5, 5.41) is 14.9. The Balaban J connectivity index is 1.37. The predicted octanol–water partition coefficient (Wildman–Crippen LogP) is 0.441. The van der Waals surface area contributed by atoms with Gasteiger partial charge in [0, 0.05) is 32.4 Å². The lowest BCUT2D eigenvalue weighted by atomic mass is 10.0. The molecule has 26 heavy (non-hydrogen) atoms. The third-order valence-corrected chi connectivity index (χ3v) is 5.78. The van der Waals surface area contributed by atoms with Gasteiger partial charge in [0.15, 0.2) is 6.17 Å². The number of rotatable bonds is 3. The molecule has 4 heterocycles. The Morgan fingerprint density at radius 3 is 2.62 bits per heavy atom. The first-order chi connectivity index (χ1) is 12.6. The van der Waals surface area contributed by atoms with E-state index in [1.54, 1.807) is 12.3 Å². The molecule has 1 aromatic rings. The monoisotopic (exact) mass is 358 g/mol. The third kappa shape index (κ3) is 3.02. The van der Waals surface area contributed by atoms with E-state index in [1.165, 1.54) is 0 Å². The smallest absolute Gasteiger partial charge is 0.258 e. The molecule has 0 saturated carbocycles. The lowest BCUT2D eigenvalue weighted by Crippen LogP contribution is -2.67. The molecule has 0 aliphatic carbocycles. The maximum Gasteiger partial charge on any atom is 0.258 e. The van der Waals surface area contributed by atoms with Gasteiger partial charge < -0.3 is 10.2 Å². The summed E-state index contributed by atoms with van der Waals surface area (Å²) in [7, 11) is 0. The quantitative estimate of drug-likeness (QED) is 0.816. The average Bonchev–Trinajstić information content (AvgIpc) is 3.23. The third-order valence-electron chi connectivity index (χ3n) is 5.78. The Morgan fingerprint density at radius 1 is 1.31 bits per heavy atom. The van der Waals surface area contributed by atoms with E-state index >= 15 is 0 Å². The lowest BCUT2D eigenvalue weighted by molar-refractivity contribution is -0.133. The van der Waals surface area contributed by atoms with Crippen LogP contribution >= 0.6 is 0 Å². The molecule has 3 aliphatic rings. The molecule has 0 bridgehead atoms. The van der Waals surface area contributed by atoms with Gasteiger partial charge in [-0.2, -0.15) is 5.26 Å². The number of halogens is 1. The Hall–Kier alpha value is -2.24. The minimum Gasteiger partial charge on any atom is -0.356 e. The molecule has 3 saturated heterocycles. The van der Waals surface area contributed by atoms with E-state index in [2.05, 4.69) is 31.5 Å². The maximum atomic E-state index is 13.9. The van der Waals surface area contributed by atoms with Gasteiger partial charge in [0.25, 0.3) is 5.91 Å². The van der Waals surface area contributed by atoms with Crippen LogP contribution in [0.25, 0.3) is 0 Å². The number of pyridine rings is 1. The minimum atomic E-state index is -1.48. The number of nitrogens with one attached hydrogen (secondary N) is 2. The predicted molar refractivity (Wildman–Crippen MR) is 93.8 cm³/mol. The fourth-order valence-electron chi connectivity index (χ4n) is 4.31. The van der Waals surface area contributed by atoms with Crippen molar-refractivity contribution < 1.29 is 9.18 Å². The van der Waals surface area contributed by atoms with Gasteiger partial charge in [-0.1, -0.05) is 6.92 Å². The first-order valence-electron chi connectivity index (χ1n) is 9.14. The van der Waals surface area contributed by atoms with Crippen LogP contribution in [0.2, 0.25) is 0 Å². The standard InChI is InChI=1S/C18H23FN6O/c1-2-14-16(19)17(26)23-18(22-14)25-9-12-7-24(8-13(12)10-25)15-4-3-11(5-20)6-21-15/h3-4,6,12-14,16,18,22H,2,7-10H2,1H3,(H,23,26). The zero-order chi connectivity index (χ0) is 18.3. The molecule has 0 aromatic carbocycles. The molecule has 0 spiro atoms. The molecule has 1 amide bonds. The number of hydrogen-bond donors (Lipinski definition) is 2. The van der Waals surface area contributed by atoms with Crippen molar-refractivity contribution in [2.75, 3.05) is 31.1 Å². The van der Waals surface area contributed by atoms with Gasteiger partial charge >= 0.3 is 0 Å². The molecular formula is C18H23FN6O. The highest BCUT2D eigenvalue weighted by atomic mass is 19.1. The second-order valence-electron chi connectivity index (χ2n) is 7.39. The van der Waals surface area contributed by atoms with Gasteiger partial charge in [-0.3, -0.25) is 15.0 Å². The number of nitrogens with zero attached hydrogens (tertiary/aromatic N) is 4. The number of anilines is 1. The number of aromatic nitrogens is 1. The summed E-state index contributed by atoms with van der Waals surface area (Å²) in [6.45, 7) is 5.43. The highest BCUT2D eigenvalue weighted by Gasteiger charge is 2.45. The Bertz CT molecular complexity index is 705. The van der Waals surface area contributed by atoms with Crippen molar-refractivity contribution in [1.82, 2.24) is 20.5 Å². The second-order valence-corrected chi connectivity index (χ2v) is 7.39. The second kappa shape index (κ2) is 6.82. The number of fused-ring (bicyclic) bond motifs is 1. The zero-order valence-corrected chi connectivity index (χ0v) is 14.7. The van der Waals surface area contributed by atoms with E-state index < -0.39 is 18.1 Å². The van der Waals surface area contributed by atoms with Gasteiger partial charge in [-0.15, -0.1) is 0 Å².